The molecule has 1 atom stereocenters. The quantitative estimate of drug-likeness (QED) is 0.634. The molecule has 0 aromatic carbocycles. The lowest BCUT2D eigenvalue weighted by Gasteiger charge is -2.29. The molecule has 1 aromatic rings. The lowest BCUT2D eigenvalue weighted by atomic mass is 10.2. The van der Waals surface area contributed by atoms with Crippen LogP contribution in [-0.2, 0) is 9.53 Å². The fraction of sp³-hybridized carbons (Fsp3) is 0.368. The molecule has 1 unspecified atom stereocenters. The summed E-state index contributed by atoms with van der Waals surface area (Å²) in [5, 5.41) is 2.63. The topological polar surface area (TPSA) is 118 Å². The molecule has 0 radical (unpaired) electrons. The highest BCUT2D eigenvalue weighted by atomic mass is 19.4. The molecule has 32 heavy (non-hydrogen) atoms. The number of hydrogen-bond donors (Lipinski definition) is 2. The van der Waals surface area contributed by atoms with Gasteiger partial charge in [-0.3, -0.25) is 9.69 Å². The zero-order valence-corrected chi connectivity index (χ0v) is 16.7. The first-order valence-corrected chi connectivity index (χ1v) is 9.58. The maximum Gasteiger partial charge on any atom is 0.406 e. The first-order valence-electron chi connectivity index (χ1n) is 9.58. The van der Waals surface area contributed by atoms with Crippen LogP contribution in [0.25, 0.3) is 0 Å². The standard InChI is InChI=1S/C19H17F3N6O4/c1-32-17(30)11-7-23-13(26-16(29)10-2-3-10)6-12(11)25-15-8-24-14-4-5-27(9-19(20,21)22)18(31)28(14)15/h4-8,10,14H,2-3,9H2,1H3,(H,23,26,29)/p+1. The van der Waals surface area contributed by atoms with E-state index in [1.54, 1.807) is 0 Å². The van der Waals surface area contributed by atoms with Gasteiger partial charge in [0.25, 0.3) is 6.17 Å². The van der Waals surface area contributed by atoms with Gasteiger partial charge in [0.05, 0.1) is 12.8 Å². The van der Waals surface area contributed by atoms with E-state index >= 15 is 0 Å². The number of amidine groups is 1. The van der Waals surface area contributed by atoms with Crippen molar-refractivity contribution in [2.24, 2.45) is 10.9 Å². The molecular weight excluding hydrogens is 433 g/mol. The highest BCUT2D eigenvalue weighted by Gasteiger charge is 2.43. The van der Waals surface area contributed by atoms with Gasteiger partial charge in [0.1, 0.15) is 17.9 Å². The van der Waals surface area contributed by atoms with Gasteiger partial charge in [0, 0.05) is 30.5 Å². The Morgan fingerprint density at radius 3 is 2.78 bits per heavy atom. The molecule has 3 heterocycles. The molecular formula is C19H18F3N6O4+. The Morgan fingerprint density at radius 2 is 2.12 bits per heavy atom. The predicted octanol–water partition coefficient (Wildman–Crippen LogP) is 0.551. The Balaban J connectivity index is 1.66. The van der Waals surface area contributed by atoms with Gasteiger partial charge >= 0.3 is 18.2 Å². The minimum absolute atomic E-state index is 0.0210. The van der Waals surface area contributed by atoms with Crippen molar-refractivity contribution in [2.45, 2.75) is 25.2 Å². The molecule has 1 aliphatic carbocycles. The average Bonchev–Trinajstić information content (AvgIpc) is 3.51. The van der Waals surface area contributed by atoms with E-state index in [9.17, 15) is 27.6 Å². The number of methoxy groups -OCH3 is 1. The van der Waals surface area contributed by atoms with Crippen LogP contribution in [0.15, 0.2) is 29.5 Å². The van der Waals surface area contributed by atoms with E-state index in [4.69, 9.17) is 4.74 Å². The number of alkyl halides is 3. The summed E-state index contributed by atoms with van der Waals surface area (Å²) >= 11 is 0. The van der Waals surface area contributed by atoms with Crippen molar-refractivity contribution >= 4 is 41.5 Å². The van der Waals surface area contributed by atoms with E-state index in [0.717, 1.165) is 31.1 Å². The number of ether oxygens (including phenoxy) is 1. The average molecular weight is 451 g/mol. The second kappa shape index (κ2) is 8.05. The molecule has 3 amide bonds. The number of amides is 3. The Hall–Kier alpha value is -3.77. The largest absolute Gasteiger partial charge is 0.465 e. The van der Waals surface area contributed by atoms with Crippen molar-refractivity contribution in [1.29, 1.82) is 0 Å². The molecule has 2 N–H and O–H groups in total. The number of nitrogens with zero attached hydrogens (tertiary/aromatic N) is 4. The van der Waals surface area contributed by atoms with E-state index in [1.165, 1.54) is 24.6 Å². The number of esters is 1. The first kappa shape index (κ1) is 21.5. The molecule has 10 nitrogen and oxygen atoms in total. The smallest absolute Gasteiger partial charge is 0.406 e. The van der Waals surface area contributed by atoms with E-state index in [1.807, 2.05) is 0 Å². The van der Waals surface area contributed by atoms with E-state index in [2.05, 4.69) is 20.3 Å². The van der Waals surface area contributed by atoms with Gasteiger partial charge in [-0.05, 0) is 12.8 Å². The number of urea groups is 1. The summed E-state index contributed by atoms with van der Waals surface area (Å²) in [6.07, 6.45) is 1.18. The number of anilines is 1. The number of carbonyl (C=O) groups excluding carboxylic acids is 3. The second-order valence-corrected chi connectivity index (χ2v) is 7.30. The Kier molecular flexibility index (Phi) is 5.40. The van der Waals surface area contributed by atoms with Gasteiger partial charge in [-0.2, -0.15) is 13.2 Å². The van der Waals surface area contributed by atoms with Crippen molar-refractivity contribution in [3.05, 3.63) is 30.1 Å². The molecule has 1 saturated carbocycles. The third-order valence-corrected chi connectivity index (χ3v) is 4.88. The maximum atomic E-state index is 12.8. The van der Waals surface area contributed by atoms with Crippen molar-refractivity contribution in [2.75, 3.05) is 19.0 Å². The zero-order chi connectivity index (χ0) is 23.0. The first-order chi connectivity index (χ1) is 15.2. The van der Waals surface area contributed by atoms with Crippen LogP contribution in [0.1, 0.15) is 23.2 Å². The van der Waals surface area contributed by atoms with Crippen LogP contribution in [0.2, 0.25) is 0 Å². The molecule has 2 aliphatic heterocycles. The molecule has 1 aromatic heterocycles. The fourth-order valence-electron chi connectivity index (χ4n) is 3.16. The summed E-state index contributed by atoms with van der Waals surface area (Å²) in [4.78, 5) is 49.5. The van der Waals surface area contributed by atoms with E-state index in [0.29, 0.717) is 4.90 Å². The van der Waals surface area contributed by atoms with Gasteiger partial charge in [-0.15, -0.1) is 0 Å². The van der Waals surface area contributed by atoms with Gasteiger partial charge in [0.2, 0.25) is 18.0 Å². The highest BCUT2D eigenvalue weighted by Crippen LogP contribution is 2.31. The third-order valence-electron chi connectivity index (χ3n) is 4.88. The second-order valence-electron chi connectivity index (χ2n) is 7.30. The molecule has 0 bridgehead atoms. The van der Waals surface area contributed by atoms with Crippen LogP contribution in [0.5, 0.6) is 0 Å². The van der Waals surface area contributed by atoms with Gasteiger partial charge < -0.3 is 10.1 Å². The summed E-state index contributed by atoms with van der Waals surface area (Å²) in [6.45, 7) is -1.46. The molecule has 0 saturated heterocycles. The number of hydrogen-bond acceptors (Lipinski definition) is 6. The Bertz CT molecular complexity index is 1060. The van der Waals surface area contributed by atoms with Crippen LogP contribution >= 0.6 is 0 Å². The van der Waals surface area contributed by atoms with Crippen LogP contribution in [0.4, 0.5) is 29.5 Å². The normalized spacial score (nSPS) is 21.2. The number of aromatic nitrogens is 1. The van der Waals surface area contributed by atoms with Crippen LogP contribution < -0.4 is 10.3 Å². The molecule has 1 fully saturated rings. The third kappa shape index (κ3) is 4.45. The minimum atomic E-state index is -4.58. The SMILES string of the molecule is COC(=O)c1cnc(NC(=O)C2CC2)cc1N=C1C=[NH+]C2C=CN(CC(F)(F)F)C(=O)N12. The molecule has 4 rings (SSSR count). The van der Waals surface area contributed by atoms with Crippen LogP contribution in [0, 0.1) is 5.92 Å². The monoisotopic (exact) mass is 451 g/mol. The predicted molar refractivity (Wildman–Crippen MR) is 104 cm³/mol. The van der Waals surface area contributed by atoms with E-state index in [-0.39, 0.29) is 34.7 Å². The van der Waals surface area contributed by atoms with Gasteiger partial charge in [-0.1, -0.05) is 0 Å². The molecule has 13 heteroatoms. The summed E-state index contributed by atoms with van der Waals surface area (Å²) < 4.78 is 43.1. The Labute approximate surface area is 179 Å². The lowest BCUT2D eigenvalue weighted by Crippen LogP contribution is -2.77. The zero-order valence-electron chi connectivity index (χ0n) is 16.7. The number of fused-ring (bicyclic) bond motifs is 1. The number of rotatable bonds is 5. The Morgan fingerprint density at radius 1 is 1.38 bits per heavy atom. The number of aliphatic imine (C=N–C) groups is 1. The number of nitrogens with one attached hydrogen (secondary N) is 2. The summed E-state index contributed by atoms with van der Waals surface area (Å²) in [5.41, 5.74) is -0.0233. The van der Waals surface area contributed by atoms with Crippen LogP contribution in [0.3, 0.4) is 0 Å². The van der Waals surface area contributed by atoms with Crippen molar-refractivity contribution in [3.8, 4) is 0 Å². The highest BCUT2D eigenvalue weighted by molar-refractivity contribution is 6.32. The summed E-state index contributed by atoms with van der Waals surface area (Å²) in [5.74, 6) is -0.942. The van der Waals surface area contributed by atoms with Crippen molar-refractivity contribution < 1.29 is 37.3 Å². The number of carbonyl (C=O) groups is 3. The van der Waals surface area contributed by atoms with Gasteiger partial charge in [-0.25, -0.2) is 29.5 Å². The fourth-order valence-corrected chi connectivity index (χ4v) is 3.16. The maximum absolute atomic E-state index is 12.8. The number of halogens is 3. The van der Waals surface area contributed by atoms with Crippen molar-refractivity contribution in [3.63, 3.8) is 0 Å². The summed E-state index contributed by atoms with van der Waals surface area (Å²) in [6, 6.07) is 0.393. The lowest BCUT2D eigenvalue weighted by molar-refractivity contribution is -0.494. The summed E-state index contributed by atoms with van der Waals surface area (Å²) in [7, 11) is 1.16. The molecule has 168 valence electrons. The molecule has 0 spiro atoms. The molecule has 3 aliphatic rings. The minimum Gasteiger partial charge on any atom is -0.465 e. The van der Waals surface area contributed by atoms with Gasteiger partial charge in [0.15, 0.2) is 0 Å². The number of pyridine rings is 1. The van der Waals surface area contributed by atoms with E-state index < -0.39 is 30.9 Å². The van der Waals surface area contributed by atoms with Crippen molar-refractivity contribution in [1.82, 2.24) is 14.8 Å². The van der Waals surface area contributed by atoms with Crippen LogP contribution in [-0.4, -0.2) is 70.7 Å².